The van der Waals surface area contributed by atoms with Gasteiger partial charge < -0.3 is 15.0 Å². The molecule has 0 fully saturated rings. The van der Waals surface area contributed by atoms with Crippen molar-refractivity contribution in [1.29, 1.82) is 0 Å². The molecule has 1 N–H and O–H groups in total. The number of carbonyl (C=O) groups excluding carboxylic acids is 1. The van der Waals surface area contributed by atoms with Gasteiger partial charge in [0.25, 0.3) is 0 Å². The number of carbonyl (C=O) groups is 1. The lowest BCUT2D eigenvalue weighted by atomic mass is 10.1. The summed E-state index contributed by atoms with van der Waals surface area (Å²) >= 11 is 0. The number of hydrogen-bond donors (Lipinski definition) is 1. The van der Waals surface area contributed by atoms with Crippen LogP contribution in [0.15, 0.2) is 0 Å². The highest BCUT2D eigenvalue weighted by Crippen LogP contribution is 1.98. The van der Waals surface area contributed by atoms with Crippen molar-refractivity contribution in [1.82, 2.24) is 10.2 Å². The lowest BCUT2D eigenvalue weighted by Gasteiger charge is -2.21. The average Bonchev–Trinajstić information content (AvgIpc) is 2.09. The Morgan fingerprint density at radius 3 is 2.20 bits per heavy atom. The van der Waals surface area contributed by atoms with Gasteiger partial charge in [-0.15, -0.1) is 0 Å². The topological polar surface area (TPSA) is 41.6 Å². The van der Waals surface area contributed by atoms with E-state index in [-0.39, 0.29) is 11.6 Å². The van der Waals surface area contributed by atoms with E-state index in [0.717, 1.165) is 19.6 Å². The first-order valence-corrected chi connectivity index (χ1v) is 5.56. The van der Waals surface area contributed by atoms with Gasteiger partial charge in [-0.05, 0) is 33.9 Å². The molecule has 1 amide bonds. The lowest BCUT2D eigenvalue weighted by molar-refractivity contribution is 0.122. The first-order valence-electron chi connectivity index (χ1n) is 5.56. The summed E-state index contributed by atoms with van der Waals surface area (Å²) in [7, 11) is 0. The molecule has 0 aromatic rings. The van der Waals surface area contributed by atoms with Crippen molar-refractivity contribution in [2.75, 3.05) is 26.2 Å². The average molecular weight is 216 g/mol. The summed E-state index contributed by atoms with van der Waals surface area (Å²) in [6.07, 6.45) is -0.338. The van der Waals surface area contributed by atoms with Crippen LogP contribution in [0.25, 0.3) is 0 Å². The fraction of sp³-hybridized carbons (Fsp3) is 0.909. The Kier molecular flexibility index (Phi) is 6.32. The molecule has 15 heavy (non-hydrogen) atoms. The van der Waals surface area contributed by atoms with Gasteiger partial charge in [0.15, 0.2) is 0 Å². The third kappa shape index (κ3) is 8.24. The first kappa shape index (κ1) is 14.2. The van der Waals surface area contributed by atoms with Gasteiger partial charge in [0.1, 0.15) is 6.61 Å². The van der Waals surface area contributed by atoms with Gasteiger partial charge in [-0.25, -0.2) is 4.79 Å². The second-order valence-electron chi connectivity index (χ2n) is 4.54. The Labute approximate surface area is 93.0 Å². The van der Waals surface area contributed by atoms with Crippen molar-refractivity contribution in [3.63, 3.8) is 0 Å². The summed E-state index contributed by atoms with van der Waals surface area (Å²) in [6, 6.07) is 0. The Balaban J connectivity index is 3.64. The van der Waals surface area contributed by atoms with Crippen LogP contribution in [0.5, 0.6) is 0 Å². The Bertz CT molecular complexity index is 184. The van der Waals surface area contributed by atoms with Gasteiger partial charge in [-0.2, -0.15) is 0 Å². The predicted octanol–water partition coefficient (Wildman–Crippen LogP) is 1.85. The van der Waals surface area contributed by atoms with Crippen LogP contribution in [0.3, 0.4) is 0 Å². The van der Waals surface area contributed by atoms with E-state index in [1.165, 1.54) is 0 Å². The van der Waals surface area contributed by atoms with E-state index in [4.69, 9.17) is 4.74 Å². The summed E-state index contributed by atoms with van der Waals surface area (Å²) in [4.78, 5) is 13.5. The minimum atomic E-state index is -0.338. The van der Waals surface area contributed by atoms with Crippen molar-refractivity contribution >= 4 is 6.09 Å². The first-order chi connectivity index (χ1) is 6.89. The molecule has 0 heterocycles. The molecule has 0 saturated carbocycles. The number of likely N-dealkylation sites (N-methyl/N-ethyl adjacent to an activating group) is 1. The molecule has 4 nitrogen and oxygen atoms in total. The van der Waals surface area contributed by atoms with Crippen molar-refractivity contribution in [3.05, 3.63) is 0 Å². The highest BCUT2D eigenvalue weighted by atomic mass is 16.5. The normalized spacial score (nSPS) is 11.6. The number of nitrogens with zero attached hydrogens (tertiary/aromatic N) is 1. The molecule has 0 spiro atoms. The van der Waals surface area contributed by atoms with E-state index in [1.807, 2.05) is 20.8 Å². The molecule has 4 heteroatoms. The van der Waals surface area contributed by atoms with Crippen LogP contribution in [0.2, 0.25) is 0 Å². The summed E-state index contributed by atoms with van der Waals surface area (Å²) in [5.74, 6) is 0. The third-order valence-electron chi connectivity index (χ3n) is 2.01. The standard InChI is InChI=1S/C11H24N2O2/c1-6-13(7-2)8-9-15-10(14)12-11(3,4)5/h6-9H2,1-5H3,(H,12,14). The maximum Gasteiger partial charge on any atom is 0.407 e. The van der Waals surface area contributed by atoms with Crippen LogP contribution >= 0.6 is 0 Å². The van der Waals surface area contributed by atoms with E-state index >= 15 is 0 Å². The van der Waals surface area contributed by atoms with Crippen LogP contribution in [-0.2, 0) is 4.74 Å². The molecule has 0 aromatic heterocycles. The Morgan fingerprint density at radius 1 is 1.27 bits per heavy atom. The maximum absolute atomic E-state index is 11.3. The van der Waals surface area contributed by atoms with Gasteiger partial charge >= 0.3 is 6.09 Å². The predicted molar refractivity (Wildman–Crippen MR) is 62.0 cm³/mol. The minimum absolute atomic E-state index is 0.230. The molecule has 0 atom stereocenters. The van der Waals surface area contributed by atoms with E-state index in [2.05, 4.69) is 24.1 Å². The molecular formula is C11H24N2O2. The quantitative estimate of drug-likeness (QED) is 0.762. The molecule has 0 bridgehead atoms. The largest absolute Gasteiger partial charge is 0.448 e. The van der Waals surface area contributed by atoms with Crippen molar-refractivity contribution < 1.29 is 9.53 Å². The number of rotatable bonds is 5. The zero-order valence-electron chi connectivity index (χ0n) is 10.6. The number of nitrogens with one attached hydrogen (secondary N) is 1. The summed E-state index contributed by atoms with van der Waals surface area (Å²) in [6.45, 7) is 13.2. The van der Waals surface area contributed by atoms with Gasteiger partial charge in [-0.3, -0.25) is 0 Å². The van der Waals surface area contributed by atoms with Crippen LogP contribution in [0.4, 0.5) is 4.79 Å². The molecular weight excluding hydrogens is 192 g/mol. The third-order valence-corrected chi connectivity index (χ3v) is 2.01. The van der Waals surface area contributed by atoms with Gasteiger partial charge in [0, 0.05) is 12.1 Å². The van der Waals surface area contributed by atoms with Crippen LogP contribution < -0.4 is 5.32 Å². The van der Waals surface area contributed by atoms with Crippen LogP contribution in [0.1, 0.15) is 34.6 Å². The fourth-order valence-corrected chi connectivity index (χ4v) is 1.15. The summed E-state index contributed by atoms with van der Waals surface area (Å²) < 4.78 is 5.06. The van der Waals surface area contributed by atoms with Crippen molar-refractivity contribution in [2.45, 2.75) is 40.2 Å². The van der Waals surface area contributed by atoms with Gasteiger partial charge in [-0.1, -0.05) is 13.8 Å². The van der Waals surface area contributed by atoms with Gasteiger partial charge in [0.05, 0.1) is 0 Å². The SMILES string of the molecule is CCN(CC)CCOC(=O)NC(C)(C)C. The number of amides is 1. The lowest BCUT2D eigenvalue weighted by Crippen LogP contribution is -2.41. The number of ether oxygens (including phenoxy) is 1. The van der Waals surface area contributed by atoms with E-state index < -0.39 is 0 Å². The molecule has 0 radical (unpaired) electrons. The molecule has 0 aromatic carbocycles. The zero-order chi connectivity index (χ0) is 11.9. The molecule has 0 unspecified atom stereocenters. The van der Waals surface area contributed by atoms with E-state index in [1.54, 1.807) is 0 Å². The molecule has 90 valence electrons. The van der Waals surface area contributed by atoms with Crippen molar-refractivity contribution in [3.8, 4) is 0 Å². The van der Waals surface area contributed by atoms with E-state index in [9.17, 15) is 4.79 Å². The maximum atomic E-state index is 11.3. The zero-order valence-corrected chi connectivity index (χ0v) is 10.6. The summed E-state index contributed by atoms with van der Waals surface area (Å²) in [5, 5.41) is 2.75. The number of hydrogen-bond acceptors (Lipinski definition) is 3. The Morgan fingerprint density at radius 2 is 1.80 bits per heavy atom. The fourth-order valence-electron chi connectivity index (χ4n) is 1.15. The Hall–Kier alpha value is -0.770. The highest BCUT2D eigenvalue weighted by Gasteiger charge is 2.14. The molecule has 0 aliphatic carbocycles. The number of alkyl carbamates (subject to hydrolysis) is 1. The van der Waals surface area contributed by atoms with E-state index in [0.29, 0.717) is 6.61 Å². The van der Waals surface area contributed by atoms with Crippen LogP contribution in [0, 0.1) is 0 Å². The summed E-state index contributed by atoms with van der Waals surface area (Å²) in [5.41, 5.74) is -0.230. The highest BCUT2D eigenvalue weighted by molar-refractivity contribution is 5.68. The second-order valence-corrected chi connectivity index (χ2v) is 4.54. The van der Waals surface area contributed by atoms with Gasteiger partial charge in [0.2, 0.25) is 0 Å². The second kappa shape index (κ2) is 6.67. The smallest absolute Gasteiger partial charge is 0.407 e. The minimum Gasteiger partial charge on any atom is -0.448 e. The molecule has 0 saturated heterocycles. The molecule has 0 aliphatic heterocycles. The molecule has 0 aliphatic rings. The monoisotopic (exact) mass is 216 g/mol. The molecule has 0 rings (SSSR count). The van der Waals surface area contributed by atoms with Crippen LogP contribution in [-0.4, -0.2) is 42.8 Å². The van der Waals surface area contributed by atoms with Crippen molar-refractivity contribution in [2.24, 2.45) is 0 Å².